The maximum atomic E-state index is 11.4. The smallest absolute Gasteiger partial charge is 0.220 e. The van der Waals surface area contributed by atoms with Gasteiger partial charge in [-0.2, -0.15) is 0 Å². The largest absolute Gasteiger partial charge is 0.349 e. The first-order valence-corrected chi connectivity index (χ1v) is 5.95. The number of aryl methyl sites for hydroxylation is 2. The van der Waals surface area contributed by atoms with Crippen molar-refractivity contribution >= 4 is 5.91 Å². The Labute approximate surface area is 98.1 Å². The average Bonchev–Trinajstić information content (AvgIpc) is 2.29. The minimum atomic E-state index is 0.116. The highest BCUT2D eigenvalue weighted by atomic mass is 16.1. The van der Waals surface area contributed by atoms with Gasteiger partial charge in [-0.25, -0.2) is 0 Å². The Hall–Kier alpha value is -1.31. The summed E-state index contributed by atoms with van der Waals surface area (Å²) < 4.78 is 0. The Balaban J connectivity index is 2.86. The van der Waals surface area contributed by atoms with Crippen LogP contribution >= 0.6 is 0 Å². The van der Waals surface area contributed by atoms with E-state index in [0.29, 0.717) is 6.42 Å². The van der Waals surface area contributed by atoms with Crippen LogP contribution in [0.4, 0.5) is 0 Å². The molecule has 0 saturated carbocycles. The van der Waals surface area contributed by atoms with Gasteiger partial charge in [-0.15, -0.1) is 0 Å². The first kappa shape index (κ1) is 12.8. The number of hydrogen-bond acceptors (Lipinski definition) is 1. The van der Waals surface area contributed by atoms with E-state index >= 15 is 0 Å². The molecule has 1 aromatic rings. The fraction of sp³-hybridized carbons (Fsp3) is 0.500. The third-order valence-electron chi connectivity index (χ3n) is 3.00. The molecule has 0 aliphatic heterocycles. The minimum absolute atomic E-state index is 0.116. The summed E-state index contributed by atoms with van der Waals surface area (Å²) in [6.07, 6.45) is 1.47. The predicted octanol–water partition coefficient (Wildman–Crippen LogP) is 3.28. The molecule has 1 aromatic carbocycles. The van der Waals surface area contributed by atoms with Gasteiger partial charge in [0.05, 0.1) is 6.04 Å². The van der Waals surface area contributed by atoms with Crippen LogP contribution in [-0.4, -0.2) is 5.91 Å². The van der Waals surface area contributed by atoms with E-state index in [1.807, 2.05) is 6.92 Å². The van der Waals surface area contributed by atoms with E-state index in [0.717, 1.165) is 6.42 Å². The Morgan fingerprint density at radius 1 is 1.25 bits per heavy atom. The molecule has 0 fully saturated rings. The maximum absolute atomic E-state index is 11.4. The fourth-order valence-corrected chi connectivity index (χ4v) is 1.70. The third-order valence-corrected chi connectivity index (χ3v) is 3.00. The Morgan fingerprint density at radius 2 is 1.94 bits per heavy atom. The first-order valence-electron chi connectivity index (χ1n) is 5.95. The monoisotopic (exact) mass is 219 g/mol. The van der Waals surface area contributed by atoms with Crippen LogP contribution in [0.1, 0.15) is 49.4 Å². The van der Waals surface area contributed by atoms with Gasteiger partial charge in [-0.05, 0) is 37.0 Å². The number of carbonyl (C=O) groups excluding carboxylic acids is 1. The van der Waals surface area contributed by atoms with Crippen LogP contribution in [0.3, 0.4) is 0 Å². The van der Waals surface area contributed by atoms with Gasteiger partial charge < -0.3 is 5.32 Å². The number of amides is 1. The molecular formula is C14H21NO. The summed E-state index contributed by atoms with van der Waals surface area (Å²) in [6.45, 7) is 8.18. The van der Waals surface area contributed by atoms with Gasteiger partial charge >= 0.3 is 0 Å². The molecule has 0 aliphatic rings. The van der Waals surface area contributed by atoms with Crippen molar-refractivity contribution in [3.8, 4) is 0 Å². The summed E-state index contributed by atoms with van der Waals surface area (Å²) in [6, 6.07) is 6.53. The lowest BCUT2D eigenvalue weighted by atomic mass is 9.99. The van der Waals surface area contributed by atoms with E-state index in [2.05, 4.69) is 44.3 Å². The van der Waals surface area contributed by atoms with Crippen LogP contribution in [0, 0.1) is 13.8 Å². The quantitative estimate of drug-likeness (QED) is 0.827. The fourth-order valence-electron chi connectivity index (χ4n) is 1.70. The van der Waals surface area contributed by atoms with Gasteiger partial charge in [0.1, 0.15) is 0 Å². The number of nitrogens with one attached hydrogen (secondary N) is 1. The molecule has 0 spiro atoms. The molecule has 88 valence electrons. The van der Waals surface area contributed by atoms with Crippen molar-refractivity contribution < 1.29 is 4.79 Å². The van der Waals surface area contributed by atoms with Crippen molar-refractivity contribution in [2.24, 2.45) is 0 Å². The van der Waals surface area contributed by atoms with E-state index in [4.69, 9.17) is 0 Å². The molecule has 16 heavy (non-hydrogen) atoms. The third kappa shape index (κ3) is 3.09. The van der Waals surface area contributed by atoms with Crippen LogP contribution in [0.5, 0.6) is 0 Å². The lowest BCUT2D eigenvalue weighted by Crippen LogP contribution is -2.27. The standard InChI is InChI=1S/C14H21NO/c1-5-13(15-14(16)6-2)12-8-7-10(3)11(4)9-12/h7-9,13H,5-6H2,1-4H3,(H,15,16)/t13-/m0/s1. The molecule has 1 N–H and O–H groups in total. The Bertz CT molecular complexity index is 371. The molecular weight excluding hydrogens is 198 g/mol. The van der Waals surface area contributed by atoms with Crippen LogP contribution in [0.2, 0.25) is 0 Å². The zero-order valence-electron chi connectivity index (χ0n) is 10.6. The molecule has 0 bridgehead atoms. The zero-order valence-corrected chi connectivity index (χ0v) is 10.6. The van der Waals surface area contributed by atoms with Crippen molar-refractivity contribution in [3.05, 3.63) is 34.9 Å². The molecule has 1 rings (SSSR count). The highest BCUT2D eigenvalue weighted by Crippen LogP contribution is 2.19. The molecule has 0 unspecified atom stereocenters. The van der Waals surface area contributed by atoms with Crippen LogP contribution in [0.15, 0.2) is 18.2 Å². The maximum Gasteiger partial charge on any atom is 0.220 e. The van der Waals surface area contributed by atoms with Gasteiger partial charge in [-0.1, -0.05) is 32.0 Å². The van der Waals surface area contributed by atoms with Crippen molar-refractivity contribution in [2.45, 2.75) is 46.6 Å². The average molecular weight is 219 g/mol. The summed E-state index contributed by atoms with van der Waals surface area (Å²) in [7, 11) is 0. The molecule has 1 amide bonds. The molecule has 0 heterocycles. The molecule has 1 atom stereocenters. The SMILES string of the molecule is CCC(=O)N[C@@H](CC)c1ccc(C)c(C)c1. The highest BCUT2D eigenvalue weighted by Gasteiger charge is 2.11. The number of hydrogen-bond donors (Lipinski definition) is 1. The Morgan fingerprint density at radius 3 is 2.44 bits per heavy atom. The second kappa shape index (κ2) is 5.69. The minimum Gasteiger partial charge on any atom is -0.349 e. The predicted molar refractivity (Wildman–Crippen MR) is 67.4 cm³/mol. The number of rotatable bonds is 4. The number of carbonyl (C=O) groups is 1. The van der Waals surface area contributed by atoms with E-state index in [1.165, 1.54) is 16.7 Å². The zero-order chi connectivity index (χ0) is 12.1. The van der Waals surface area contributed by atoms with E-state index in [1.54, 1.807) is 0 Å². The van der Waals surface area contributed by atoms with Crippen molar-refractivity contribution in [3.63, 3.8) is 0 Å². The van der Waals surface area contributed by atoms with Crippen molar-refractivity contribution in [1.82, 2.24) is 5.32 Å². The number of benzene rings is 1. The summed E-state index contributed by atoms with van der Waals surface area (Å²) in [4.78, 5) is 11.4. The summed E-state index contributed by atoms with van der Waals surface area (Å²) >= 11 is 0. The van der Waals surface area contributed by atoms with Gasteiger partial charge in [0.15, 0.2) is 0 Å². The molecule has 2 nitrogen and oxygen atoms in total. The van der Waals surface area contributed by atoms with Crippen LogP contribution in [-0.2, 0) is 4.79 Å². The van der Waals surface area contributed by atoms with E-state index in [9.17, 15) is 4.79 Å². The first-order chi connectivity index (χ1) is 7.58. The van der Waals surface area contributed by atoms with Gasteiger partial charge in [-0.3, -0.25) is 4.79 Å². The molecule has 0 aromatic heterocycles. The van der Waals surface area contributed by atoms with Crippen LogP contribution in [0.25, 0.3) is 0 Å². The van der Waals surface area contributed by atoms with Gasteiger partial charge in [0, 0.05) is 6.42 Å². The van der Waals surface area contributed by atoms with E-state index < -0.39 is 0 Å². The van der Waals surface area contributed by atoms with Gasteiger partial charge in [0.2, 0.25) is 5.91 Å². The van der Waals surface area contributed by atoms with Gasteiger partial charge in [0.25, 0.3) is 0 Å². The highest BCUT2D eigenvalue weighted by molar-refractivity contribution is 5.76. The van der Waals surface area contributed by atoms with Crippen molar-refractivity contribution in [1.29, 1.82) is 0 Å². The Kier molecular flexibility index (Phi) is 4.53. The van der Waals surface area contributed by atoms with Crippen molar-refractivity contribution in [2.75, 3.05) is 0 Å². The molecule has 0 saturated heterocycles. The van der Waals surface area contributed by atoms with E-state index in [-0.39, 0.29) is 11.9 Å². The normalized spacial score (nSPS) is 12.2. The molecule has 2 heteroatoms. The summed E-state index contributed by atoms with van der Waals surface area (Å²) in [5.41, 5.74) is 3.77. The second-order valence-electron chi connectivity index (χ2n) is 4.23. The molecule has 0 aliphatic carbocycles. The summed E-state index contributed by atoms with van der Waals surface area (Å²) in [5.74, 6) is 0.116. The lowest BCUT2D eigenvalue weighted by Gasteiger charge is -2.18. The molecule has 0 radical (unpaired) electrons. The van der Waals surface area contributed by atoms with Crippen LogP contribution < -0.4 is 5.32 Å². The lowest BCUT2D eigenvalue weighted by molar-refractivity contribution is -0.121. The summed E-state index contributed by atoms with van der Waals surface area (Å²) in [5, 5.41) is 3.04. The topological polar surface area (TPSA) is 29.1 Å². The second-order valence-corrected chi connectivity index (χ2v) is 4.23.